The Labute approximate surface area is 748 Å². The van der Waals surface area contributed by atoms with Gasteiger partial charge in [0, 0.05) is 68.6 Å². The summed E-state index contributed by atoms with van der Waals surface area (Å²) in [4.78, 5) is 66.0. The molecule has 0 saturated carbocycles. The fraction of sp³-hybridized carbons (Fsp3) is 0.629. The molecule has 0 aliphatic heterocycles. The van der Waals surface area contributed by atoms with Gasteiger partial charge in [-0.05, 0) is 149 Å². The Morgan fingerprint density at radius 1 is 0.256 bits per heavy atom. The molecule has 0 amide bonds. The molecule has 0 spiro atoms. The molecular formula is C97H157N23O5. The van der Waals surface area contributed by atoms with E-state index >= 15 is 0 Å². The van der Waals surface area contributed by atoms with Gasteiger partial charge in [-0.3, -0.25) is 4.98 Å². The predicted octanol–water partition coefficient (Wildman–Crippen LogP) is 25.0. The highest BCUT2D eigenvalue weighted by atomic mass is 16.5. The van der Waals surface area contributed by atoms with Crippen molar-refractivity contribution >= 4 is 88.2 Å². The van der Waals surface area contributed by atoms with Crippen molar-refractivity contribution in [3.8, 4) is 23.0 Å². The summed E-state index contributed by atoms with van der Waals surface area (Å²) in [6, 6.07) is 30.0. The maximum Gasteiger partial charge on any atom is 0.351 e. The van der Waals surface area contributed by atoms with Gasteiger partial charge < -0.3 is 77.8 Å². The van der Waals surface area contributed by atoms with Gasteiger partial charge in [-0.25, -0.2) is 4.79 Å². The van der Waals surface area contributed by atoms with Gasteiger partial charge in [-0.15, -0.1) is 0 Å². The zero-order chi connectivity index (χ0) is 88.5. The molecule has 8 aromatic rings. The van der Waals surface area contributed by atoms with E-state index in [1.54, 1.807) is 24.3 Å². The van der Waals surface area contributed by atoms with Crippen LogP contribution >= 0.6 is 0 Å². The van der Waals surface area contributed by atoms with Gasteiger partial charge in [0.25, 0.3) is 0 Å². The predicted molar refractivity (Wildman–Crippen MR) is 520 cm³/mol. The maximum atomic E-state index is 12.5. The summed E-state index contributed by atoms with van der Waals surface area (Å²) in [6.45, 7) is 24.2. The lowest BCUT2D eigenvalue weighted by Gasteiger charge is -2.29. The molecule has 0 aliphatic rings. The average molecular weight is 1730 g/mol. The van der Waals surface area contributed by atoms with Crippen molar-refractivity contribution in [2.45, 2.75) is 325 Å². The molecule has 0 aliphatic carbocycles. The second-order valence-corrected chi connectivity index (χ2v) is 33.4. The number of H-pyrrole nitrogens is 1. The normalized spacial score (nSPS) is 11.2. The van der Waals surface area contributed by atoms with Gasteiger partial charge in [0.15, 0.2) is 0 Å². The van der Waals surface area contributed by atoms with E-state index in [1.165, 1.54) is 218 Å². The number of hydrogen-bond donors (Lipinski definition) is 13. The number of unbranched alkanes of at least 4 members (excludes halogenated alkanes) is 35. The number of phenols is 1. The van der Waals surface area contributed by atoms with E-state index in [4.69, 9.17) is 44.1 Å². The second-order valence-electron chi connectivity index (χ2n) is 33.4. The Kier molecular flexibility index (Phi) is 52.5. The Balaban J connectivity index is 0.000000560. The van der Waals surface area contributed by atoms with Crippen LogP contribution in [0.1, 0.15) is 325 Å². The number of benzene rings is 4. The molecule has 13 N–H and O–H groups in total. The lowest BCUT2D eigenvalue weighted by Crippen LogP contribution is -2.37. The van der Waals surface area contributed by atoms with Gasteiger partial charge in [0.05, 0.1) is 5.41 Å². The minimum absolute atomic E-state index is 0.230. The molecule has 690 valence electrons. The highest BCUT2D eigenvalue weighted by Crippen LogP contribution is 2.30. The van der Waals surface area contributed by atoms with Gasteiger partial charge >= 0.3 is 5.69 Å². The van der Waals surface area contributed by atoms with Crippen LogP contribution in [0.3, 0.4) is 0 Å². The van der Waals surface area contributed by atoms with Crippen molar-refractivity contribution in [1.82, 2.24) is 59.8 Å². The minimum atomic E-state index is -0.643. The smallest absolute Gasteiger partial charge is 0.351 e. The van der Waals surface area contributed by atoms with Gasteiger partial charge in [-0.1, -0.05) is 273 Å². The topological polar surface area (TPSA) is 355 Å². The molecule has 28 nitrogen and oxygen atoms in total. The lowest BCUT2D eigenvalue weighted by atomic mass is 9.94. The Bertz CT molecular complexity index is 3870. The number of aromatic nitrogens is 12. The summed E-state index contributed by atoms with van der Waals surface area (Å²) in [5.41, 5.74) is 2.03. The van der Waals surface area contributed by atoms with Crippen LogP contribution in [0.25, 0.3) is 0 Å². The third-order valence-corrected chi connectivity index (χ3v) is 21.5. The van der Waals surface area contributed by atoms with Crippen LogP contribution in [0.4, 0.5) is 88.2 Å². The number of aromatic amines is 1. The van der Waals surface area contributed by atoms with Crippen LogP contribution in [0.2, 0.25) is 0 Å². The maximum absolute atomic E-state index is 12.5. The van der Waals surface area contributed by atoms with Crippen molar-refractivity contribution in [3.63, 3.8) is 0 Å². The molecule has 0 fully saturated rings. The molecule has 0 radical (unpaired) electrons. The van der Waals surface area contributed by atoms with Crippen molar-refractivity contribution in [1.29, 1.82) is 0 Å². The zero-order valence-electron chi connectivity index (χ0n) is 77.5. The number of nitrogens with one attached hydrogen (secondary N) is 12. The first-order chi connectivity index (χ1) is 61.3. The fourth-order valence-electron chi connectivity index (χ4n) is 13.9. The standard InChI is InChI=1S/C72H115N17O4.C25H42N6O/c1-7-12-17-22-27-32-49-73-63-81-64(74-50-33-28-23-18-13-8-2)84-68(83-63)78-57-37-43-60(44-38-57)91-54-72(6,56-93-62-47-41-59(42-48-62)80-70-87-67(88-71(90)89-70)77-53-36-31-26-21-16-11-5)55-92-61-45-39-58(40-46-61)79-69-85-65(75-51-34-29-24-19-14-9-3)82-66(86-69)76-52-35-30-25-20-15-10-4;1-3-5-7-9-11-13-19-26-23-29-24(27-20-14-12-10-8-6-4-2)31-25(30-23)28-21-15-17-22(32)18-16-21/h37-48H,7-36,49-56H2,1-6H3,(H3,73,74,78,81,83,84)(H3,75,76,79,82,85,86)(H3,77,80,87,88,89,90);15-18,32H,3-14,19-20H2,1-2H3,(H3,26,27,28,29,30,31). The Morgan fingerprint density at radius 3 is 0.696 bits per heavy atom. The van der Waals surface area contributed by atoms with Gasteiger partial charge in [-0.2, -0.15) is 54.8 Å². The second kappa shape index (κ2) is 64.5. The molecule has 4 heterocycles. The molecular weight excluding hydrogens is 1570 g/mol. The Hall–Kier alpha value is -10.3. The van der Waals surface area contributed by atoms with E-state index < -0.39 is 11.1 Å². The molecule has 4 aromatic heterocycles. The van der Waals surface area contributed by atoms with E-state index in [-0.39, 0.29) is 25.6 Å². The average Bonchev–Trinajstić information content (AvgIpc) is 0.995. The van der Waals surface area contributed by atoms with E-state index in [1.807, 2.05) is 72.8 Å². The van der Waals surface area contributed by atoms with Crippen LogP contribution in [0.15, 0.2) is 102 Å². The Morgan fingerprint density at radius 2 is 0.456 bits per heavy atom. The molecule has 4 aromatic carbocycles. The first kappa shape index (κ1) is 102. The quantitative estimate of drug-likeness (QED) is 0.0124. The summed E-state index contributed by atoms with van der Waals surface area (Å²) in [6.07, 6.45) is 51.1. The summed E-state index contributed by atoms with van der Waals surface area (Å²) < 4.78 is 19.7. The largest absolute Gasteiger partial charge is 0.508 e. The first-order valence-electron chi connectivity index (χ1n) is 48.3. The van der Waals surface area contributed by atoms with Gasteiger partial charge in [0.2, 0.25) is 65.4 Å². The fourth-order valence-corrected chi connectivity index (χ4v) is 13.9. The van der Waals surface area contributed by atoms with Crippen molar-refractivity contribution < 1.29 is 19.3 Å². The molecule has 0 saturated heterocycles. The first-order valence-corrected chi connectivity index (χ1v) is 48.3. The van der Waals surface area contributed by atoms with Crippen LogP contribution in [0, 0.1) is 5.41 Å². The number of anilines is 15. The summed E-state index contributed by atoms with van der Waals surface area (Å²) in [5, 5.41) is 46.5. The SMILES string of the molecule is CCCCCCCCNc1nc(NCCCCCCCC)nc(Nc2ccc(O)cc2)n1.CCCCCCCCNc1nc(NCCCCCCCC)nc(Nc2ccc(OCC(C)(COc3ccc(Nc4nc(NCCCCCCCC)nc(NCCCCCCCC)n4)cc3)COc3ccc(Nc4nc(NCCCCCCCC)nc(=O)[nH]4)cc3)cc2)n1. The van der Waals surface area contributed by atoms with E-state index in [0.717, 1.165) is 113 Å². The van der Waals surface area contributed by atoms with E-state index in [2.05, 4.69) is 144 Å². The summed E-state index contributed by atoms with van der Waals surface area (Å²) in [5.74, 6) is 7.60. The number of nitrogens with zero attached hydrogens (tertiary/aromatic N) is 11. The molecule has 0 atom stereocenters. The molecule has 0 unspecified atom stereocenters. The highest BCUT2D eigenvalue weighted by Gasteiger charge is 2.29. The van der Waals surface area contributed by atoms with Crippen molar-refractivity contribution in [2.75, 3.05) is 124 Å². The number of ether oxygens (including phenoxy) is 3. The summed E-state index contributed by atoms with van der Waals surface area (Å²) >= 11 is 0. The van der Waals surface area contributed by atoms with Crippen LogP contribution in [-0.2, 0) is 0 Å². The molecule has 8 rings (SSSR count). The van der Waals surface area contributed by atoms with Crippen LogP contribution in [0.5, 0.6) is 23.0 Å². The minimum Gasteiger partial charge on any atom is -0.508 e. The van der Waals surface area contributed by atoms with Crippen molar-refractivity contribution in [2.24, 2.45) is 5.41 Å². The lowest BCUT2D eigenvalue weighted by molar-refractivity contribution is 0.0473. The number of aromatic hydroxyl groups is 1. The monoisotopic (exact) mass is 1720 g/mol. The highest BCUT2D eigenvalue weighted by molar-refractivity contribution is 5.60. The van der Waals surface area contributed by atoms with E-state index in [9.17, 15) is 9.90 Å². The molecule has 125 heavy (non-hydrogen) atoms. The van der Waals surface area contributed by atoms with E-state index in [0.29, 0.717) is 89.2 Å². The molecule has 0 bridgehead atoms. The third kappa shape index (κ3) is 46.5. The number of hydrogen-bond acceptors (Lipinski definition) is 27. The van der Waals surface area contributed by atoms with Gasteiger partial charge in [0.1, 0.15) is 42.8 Å². The number of rotatable bonds is 73. The molecule has 28 heteroatoms. The number of phenolic OH excluding ortho intramolecular Hbond substituents is 1. The van der Waals surface area contributed by atoms with Crippen molar-refractivity contribution in [3.05, 3.63) is 108 Å². The van der Waals surface area contributed by atoms with Crippen LogP contribution in [-0.4, -0.2) is 131 Å². The third-order valence-electron chi connectivity index (χ3n) is 21.5. The van der Waals surface area contributed by atoms with Crippen LogP contribution < -0.4 is 78.4 Å². The zero-order valence-corrected chi connectivity index (χ0v) is 77.5. The summed E-state index contributed by atoms with van der Waals surface area (Å²) in [7, 11) is 0.